The molecule has 1 rings (SSSR count). The van der Waals surface area contributed by atoms with E-state index in [4.69, 9.17) is 5.11 Å². The highest BCUT2D eigenvalue weighted by Gasteiger charge is 2.26. The van der Waals surface area contributed by atoms with E-state index in [1.54, 1.807) is 32.0 Å². The van der Waals surface area contributed by atoms with Crippen LogP contribution >= 0.6 is 15.9 Å². The summed E-state index contributed by atoms with van der Waals surface area (Å²) in [6.45, 7) is 3.59. The number of halogens is 1. The molecule has 15 heavy (non-hydrogen) atoms. The van der Waals surface area contributed by atoms with Crippen molar-refractivity contribution in [2.45, 2.75) is 25.7 Å². The number of benzene rings is 1. The number of phenols is 1. The molecule has 1 aromatic rings. The molecule has 82 valence electrons. The largest absolute Gasteiger partial charge is 0.508 e. The van der Waals surface area contributed by atoms with Crippen molar-refractivity contribution in [3.63, 3.8) is 0 Å². The zero-order chi connectivity index (χ0) is 11.6. The van der Waals surface area contributed by atoms with E-state index < -0.39 is 11.4 Å². The minimum Gasteiger partial charge on any atom is -0.508 e. The molecule has 0 heterocycles. The summed E-state index contributed by atoms with van der Waals surface area (Å²) in [4.78, 5) is 10.7. The molecule has 3 nitrogen and oxygen atoms in total. The Morgan fingerprint density at radius 1 is 1.47 bits per heavy atom. The van der Waals surface area contributed by atoms with Gasteiger partial charge in [0, 0.05) is 15.5 Å². The molecule has 0 fully saturated rings. The second-order valence-corrected chi connectivity index (χ2v) is 5.03. The molecule has 0 aliphatic heterocycles. The third-order valence-electron chi connectivity index (χ3n) is 2.28. The number of phenolic OH excluding ortho intramolecular Hbond substituents is 1. The lowest BCUT2D eigenvalue weighted by molar-refractivity contribution is -0.138. The number of carbonyl (C=O) groups is 1. The third kappa shape index (κ3) is 2.96. The summed E-state index contributed by atoms with van der Waals surface area (Å²) in [5, 5.41) is 18.5. The molecule has 0 unspecified atom stereocenters. The van der Waals surface area contributed by atoms with Crippen molar-refractivity contribution in [3.8, 4) is 5.75 Å². The van der Waals surface area contributed by atoms with Crippen LogP contribution in [0.4, 0.5) is 0 Å². The number of aromatic hydroxyl groups is 1. The van der Waals surface area contributed by atoms with Gasteiger partial charge in [-0.3, -0.25) is 4.79 Å². The van der Waals surface area contributed by atoms with Gasteiger partial charge in [-0.15, -0.1) is 0 Å². The Morgan fingerprint density at radius 3 is 2.53 bits per heavy atom. The summed E-state index contributed by atoms with van der Waals surface area (Å²) >= 11 is 3.24. The van der Waals surface area contributed by atoms with E-state index in [-0.39, 0.29) is 12.2 Å². The SMILES string of the molecule is CC(C)(CC(=O)O)c1ccc(Br)cc1O. The summed E-state index contributed by atoms with van der Waals surface area (Å²) < 4.78 is 0.773. The van der Waals surface area contributed by atoms with Gasteiger partial charge in [-0.25, -0.2) is 0 Å². The molecule has 2 N–H and O–H groups in total. The van der Waals surface area contributed by atoms with Crippen LogP contribution in [0.25, 0.3) is 0 Å². The average molecular weight is 273 g/mol. The first-order valence-corrected chi connectivity index (χ1v) is 5.33. The number of carboxylic acid groups (broad SMARTS) is 1. The van der Waals surface area contributed by atoms with Crippen LogP contribution in [-0.2, 0) is 10.2 Å². The predicted octanol–water partition coefficient (Wildman–Crippen LogP) is 2.91. The molecule has 1 aromatic carbocycles. The lowest BCUT2D eigenvalue weighted by Gasteiger charge is -2.24. The number of hydrogen-bond acceptors (Lipinski definition) is 2. The van der Waals surface area contributed by atoms with Crippen molar-refractivity contribution in [2.24, 2.45) is 0 Å². The molecule has 0 saturated heterocycles. The quantitative estimate of drug-likeness (QED) is 0.890. The van der Waals surface area contributed by atoms with Crippen LogP contribution in [0.2, 0.25) is 0 Å². The first-order chi connectivity index (χ1) is 6.83. The standard InChI is InChI=1S/C11H13BrO3/c1-11(2,6-10(14)15)8-4-3-7(12)5-9(8)13/h3-5,13H,6H2,1-2H3,(H,14,15). The molecular formula is C11H13BrO3. The lowest BCUT2D eigenvalue weighted by Crippen LogP contribution is -2.21. The smallest absolute Gasteiger partial charge is 0.304 e. The molecule has 0 aromatic heterocycles. The number of aliphatic carboxylic acids is 1. The number of carboxylic acids is 1. The highest BCUT2D eigenvalue weighted by molar-refractivity contribution is 9.10. The van der Waals surface area contributed by atoms with Gasteiger partial charge >= 0.3 is 5.97 Å². The zero-order valence-electron chi connectivity index (χ0n) is 8.62. The van der Waals surface area contributed by atoms with Crippen LogP contribution in [0.5, 0.6) is 5.75 Å². The van der Waals surface area contributed by atoms with Crippen molar-refractivity contribution >= 4 is 21.9 Å². The van der Waals surface area contributed by atoms with Gasteiger partial charge in [0.1, 0.15) is 5.75 Å². The molecule has 0 aliphatic rings. The molecule has 0 amide bonds. The predicted molar refractivity (Wildman–Crippen MR) is 61.1 cm³/mol. The summed E-state index contributed by atoms with van der Waals surface area (Å²) in [6, 6.07) is 5.10. The van der Waals surface area contributed by atoms with Crippen LogP contribution in [0.3, 0.4) is 0 Å². The van der Waals surface area contributed by atoms with E-state index >= 15 is 0 Å². The Balaban J connectivity index is 3.09. The van der Waals surface area contributed by atoms with Crippen LogP contribution < -0.4 is 0 Å². The molecule has 0 saturated carbocycles. The molecule has 0 spiro atoms. The van der Waals surface area contributed by atoms with E-state index in [1.165, 1.54) is 0 Å². The van der Waals surface area contributed by atoms with Gasteiger partial charge in [-0.05, 0) is 12.1 Å². The molecular weight excluding hydrogens is 260 g/mol. The highest BCUT2D eigenvalue weighted by atomic mass is 79.9. The van der Waals surface area contributed by atoms with Crippen LogP contribution in [0.1, 0.15) is 25.8 Å². The fourth-order valence-electron chi connectivity index (χ4n) is 1.55. The minimum absolute atomic E-state index is 0.0117. The Morgan fingerprint density at radius 2 is 2.07 bits per heavy atom. The number of rotatable bonds is 3. The summed E-state index contributed by atoms with van der Waals surface area (Å²) in [5.41, 5.74) is 0.0736. The zero-order valence-corrected chi connectivity index (χ0v) is 10.2. The van der Waals surface area contributed by atoms with Crippen molar-refractivity contribution in [3.05, 3.63) is 28.2 Å². The topological polar surface area (TPSA) is 57.5 Å². The van der Waals surface area contributed by atoms with Gasteiger partial charge in [0.15, 0.2) is 0 Å². The molecule has 0 radical (unpaired) electrons. The second-order valence-electron chi connectivity index (χ2n) is 4.12. The Hall–Kier alpha value is -1.03. The van der Waals surface area contributed by atoms with Crippen LogP contribution in [0.15, 0.2) is 22.7 Å². The first-order valence-electron chi connectivity index (χ1n) is 4.54. The monoisotopic (exact) mass is 272 g/mol. The summed E-state index contributed by atoms with van der Waals surface area (Å²) in [7, 11) is 0. The average Bonchev–Trinajstić information content (AvgIpc) is 1.99. The first kappa shape index (κ1) is 12.0. The maximum atomic E-state index is 10.7. The van der Waals surface area contributed by atoms with Crippen molar-refractivity contribution in [2.75, 3.05) is 0 Å². The maximum Gasteiger partial charge on any atom is 0.304 e. The molecule has 0 aliphatic carbocycles. The summed E-state index contributed by atoms with van der Waals surface area (Å²) in [6.07, 6.45) is -0.0117. The highest BCUT2D eigenvalue weighted by Crippen LogP contribution is 2.35. The Kier molecular flexibility index (Phi) is 3.39. The fourth-order valence-corrected chi connectivity index (χ4v) is 1.90. The third-order valence-corrected chi connectivity index (χ3v) is 2.78. The van der Waals surface area contributed by atoms with Crippen LogP contribution in [0, 0.1) is 0 Å². The van der Waals surface area contributed by atoms with E-state index in [0.717, 1.165) is 4.47 Å². The van der Waals surface area contributed by atoms with E-state index in [2.05, 4.69) is 15.9 Å². The van der Waals surface area contributed by atoms with E-state index in [0.29, 0.717) is 5.56 Å². The number of hydrogen-bond donors (Lipinski definition) is 2. The minimum atomic E-state index is -0.873. The Bertz CT molecular complexity index is 385. The van der Waals surface area contributed by atoms with Gasteiger partial charge < -0.3 is 10.2 Å². The van der Waals surface area contributed by atoms with Crippen molar-refractivity contribution in [1.82, 2.24) is 0 Å². The van der Waals surface area contributed by atoms with Crippen molar-refractivity contribution < 1.29 is 15.0 Å². The van der Waals surface area contributed by atoms with Gasteiger partial charge in [0.2, 0.25) is 0 Å². The molecule has 0 bridgehead atoms. The normalized spacial score (nSPS) is 11.4. The van der Waals surface area contributed by atoms with Crippen LogP contribution in [-0.4, -0.2) is 16.2 Å². The molecule has 0 atom stereocenters. The lowest BCUT2D eigenvalue weighted by atomic mass is 9.81. The second kappa shape index (κ2) is 4.23. The van der Waals surface area contributed by atoms with Gasteiger partial charge in [-0.1, -0.05) is 35.8 Å². The van der Waals surface area contributed by atoms with Gasteiger partial charge in [0.25, 0.3) is 0 Å². The molecule has 4 heteroatoms. The van der Waals surface area contributed by atoms with Gasteiger partial charge in [0.05, 0.1) is 6.42 Å². The summed E-state index contributed by atoms with van der Waals surface area (Å²) in [5.74, 6) is -0.752. The Labute approximate surface area is 96.9 Å². The van der Waals surface area contributed by atoms with Crippen molar-refractivity contribution in [1.29, 1.82) is 0 Å². The maximum absolute atomic E-state index is 10.7. The van der Waals surface area contributed by atoms with E-state index in [9.17, 15) is 9.90 Å². The fraction of sp³-hybridized carbons (Fsp3) is 0.364. The van der Waals surface area contributed by atoms with Gasteiger partial charge in [-0.2, -0.15) is 0 Å². The van der Waals surface area contributed by atoms with E-state index in [1.807, 2.05) is 0 Å².